The van der Waals surface area contributed by atoms with E-state index in [0.29, 0.717) is 6.42 Å². The SMILES string of the molecule is CCC(=O)Nc1cc(C)nc(C)c1Br. The van der Waals surface area contributed by atoms with Gasteiger partial charge in [-0.05, 0) is 35.8 Å². The Hall–Kier alpha value is -0.900. The number of carbonyl (C=O) groups is 1. The highest BCUT2D eigenvalue weighted by atomic mass is 79.9. The number of nitrogens with one attached hydrogen (secondary N) is 1. The summed E-state index contributed by atoms with van der Waals surface area (Å²) in [5.74, 6) is 0.00991. The number of carbonyl (C=O) groups excluding carboxylic acids is 1. The standard InChI is InChI=1S/C10H13BrN2O/c1-4-9(14)13-8-5-6(2)12-7(3)10(8)11/h5H,4H2,1-3H3,(H,12,13,14). The van der Waals surface area contributed by atoms with Crippen molar-refractivity contribution < 1.29 is 4.79 Å². The topological polar surface area (TPSA) is 42.0 Å². The first kappa shape index (κ1) is 11.2. The van der Waals surface area contributed by atoms with E-state index in [1.165, 1.54) is 0 Å². The number of aromatic nitrogens is 1. The van der Waals surface area contributed by atoms with Gasteiger partial charge in [-0.3, -0.25) is 9.78 Å². The number of rotatable bonds is 2. The number of aryl methyl sites for hydroxylation is 2. The second-order valence-electron chi connectivity index (χ2n) is 3.11. The fourth-order valence-corrected chi connectivity index (χ4v) is 1.44. The van der Waals surface area contributed by atoms with Crippen LogP contribution in [0.4, 0.5) is 5.69 Å². The summed E-state index contributed by atoms with van der Waals surface area (Å²) in [7, 11) is 0. The highest BCUT2D eigenvalue weighted by Gasteiger charge is 2.07. The molecule has 1 amide bonds. The van der Waals surface area contributed by atoms with Gasteiger partial charge in [0.2, 0.25) is 5.91 Å². The number of hydrogen-bond acceptors (Lipinski definition) is 2. The highest BCUT2D eigenvalue weighted by Crippen LogP contribution is 2.25. The Morgan fingerprint density at radius 3 is 2.79 bits per heavy atom. The van der Waals surface area contributed by atoms with Gasteiger partial charge >= 0.3 is 0 Å². The van der Waals surface area contributed by atoms with E-state index in [0.717, 1.165) is 21.5 Å². The minimum atomic E-state index is 0.00991. The molecule has 1 aromatic heterocycles. The third kappa shape index (κ3) is 2.54. The summed E-state index contributed by atoms with van der Waals surface area (Å²) in [6, 6.07) is 1.85. The summed E-state index contributed by atoms with van der Waals surface area (Å²) in [5, 5.41) is 2.82. The maximum Gasteiger partial charge on any atom is 0.224 e. The van der Waals surface area contributed by atoms with Gasteiger partial charge < -0.3 is 5.32 Å². The number of nitrogens with zero attached hydrogens (tertiary/aromatic N) is 1. The fourth-order valence-electron chi connectivity index (χ4n) is 1.14. The molecule has 1 aromatic rings. The lowest BCUT2D eigenvalue weighted by atomic mass is 10.2. The highest BCUT2D eigenvalue weighted by molar-refractivity contribution is 9.10. The zero-order chi connectivity index (χ0) is 10.7. The van der Waals surface area contributed by atoms with Crippen molar-refractivity contribution >= 4 is 27.5 Å². The molecule has 0 spiro atoms. The molecular weight excluding hydrogens is 244 g/mol. The van der Waals surface area contributed by atoms with Crippen LogP contribution in [0.5, 0.6) is 0 Å². The molecule has 0 aliphatic rings. The Balaban J connectivity index is 3.02. The molecule has 0 fully saturated rings. The van der Waals surface area contributed by atoms with Gasteiger partial charge in [0.1, 0.15) is 0 Å². The molecule has 0 saturated heterocycles. The lowest BCUT2D eigenvalue weighted by molar-refractivity contribution is -0.115. The monoisotopic (exact) mass is 256 g/mol. The van der Waals surface area contributed by atoms with Gasteiger partial charge in [-0.15, -0.1) is 0 Å². The first-order valence-electron chi connectivity index (χ1n) is 4.48. The molecule has 0 aliphatic heterocycles. The molecule has 14 heavy (non-hydrogen) atoms. The number of anilines is 1. The smallest absolute Gasteiger partial charge is 0.224 e. The molecule has 0 radical (unpaired) electrons. The van der Waals surface area contributed by atoms with Crippen LogP contribution >= 0.6 is 15.9 Å². The summed E-state index contributed by atoms with van der Waals surface area (Å²) in [5.41, 5.74) is 2.58. The van der Waals surface area contributed by atoms with E-state index < -0.39 is 0 Å². The van der Waals surface area contributed by atoms with Crippen molar-refractivity contribution in [3.8, 4) is 0 Å². The van der Waals surface area contributed by atoms with Gasteiger partial charge in [-0.25, -0.2) is 0 Å². The van der Waals surface area contributed by atoms with Gasteiger partial charge in [0, 0.05) is 12.1 Å². The number of pyridine rings is 1. The molecule has 0 aliphatic carbocycles. The molecule has 1 N–H and O–H groups in total. The Bertz CT molecular complexity index is 363. The van der Waals surface area contributed by atoms with Crippen LogP contribution in [0.25, 0.3) is 0 Å². The van der Waals surface area contributed by atoms with Crippen LogP contribution in [-0.4, -0.2) is 10.9 Å². The molecule has 0 atom stereocenters. The number of halogens is 1. The van der Waals surface area contributed by atoms with Crippen LogP contribution in [0, 0.1) is 13.8 Å². The lowest BCUT2D eigenvalue weighted by Gasteiger charge is -2.09. The zero-order valence-electron chi connectivity index (χ0n) is 8.52. The van der Waals surface area contributed by atoms with Crippen molar-refractivity contribution in [3.63, 3.8) is 0 Å². The Labute approximate surface area is 92.1 Å². The van der Waals surface area contributed by atoms with Crippen LogP contribution in [0.15, 0.2) is 10.5 Å². The minimum Gasteiger partial charge on any atom is -0.325 e. The molecule has 0 bridgehead atoms. The van der Waals surface area contributed by atoms with E-state index in [2.05, 4.69) is 26.2 Å². The maximum absolute atomic E-state index is 11.2. The molecule has 1 heterocycles. The van der Waals surface area contributed by atoms with Gasteiger partial charge in [-0.2, -0.15) is 0 Å². The summed E-state index contributed by atoms with van der Waals surface area (Å²) in [6.45, 7) is 5.63. The fraction of sp³-hybridized carbons (Fsp3) is 0.400. The van der Waals surface area contributed by atoms with Gasteiger partial charge in [0.05, 0.1) is 15.9 Å². The molecule has 0 saturated carbocycles. The van der Waals surface area contributed by atoms with Crippen molar-refractivity contribution in [2.75, 3.05) is 5.32 Å². The van der Waals surface area contributed by atoms with Crippen molar-refractivity contribution in [2.45, 2.75) is 27.2 Å². The Morgan fingerprint density at radius 2 is 2.21 bits per heavy atom. The third-order valence-corrected chi connectivity index (χ3v) is 2.85. The van der Waals surface area contributed by atoms with E-state index in [-0.39, 0.29) is 5.91 Å². The molecule has 4 heteroatoms. The maximum atomic E-state index is 11.2. The van der Waals surface area contributed by atoms with E-state index in [4.69, 9.17) is 0 Å². The molecule has 3 nitrogen and oxygen atoms in total. The van der Waals surface area contributed by atoms with Gasteiger partial charge in [0.15, 0.2) is 0 Å². The number of hydrogen-bond donors (Lipinski definition) is 1. The minimum absolute atomic E-state index is 0.00991. The summed E-state index contributed by atoms with van der Waals surface area (Å²) in [6.07, 6.45) is 0.479. The Kier molecular flexibility index (Phi) is 3.63. The molecule has 0 unspecified atom stereocenters. The van der Waals surface area contributed by atoms with Crippen molar-refractivity contribution in [1.29, 1.82) is 0 Å². The lowest BCUT2D eigenvalue weighted by Crippen LogP contribution is -2.10. The van der Waals surface area contributed by atoms with E-state index in [9.17, 15) is 4.79 Å². The van der Waals surface area contributed by atoms with Crippen LogP contribution in [0.2, 0.25) is 0 Å². The average Bonchev–Trinajstić information content (AvgIpc) is 2.13. The first-order chi connectivity index (χ1) is 6.54. The van der Waals surface area contributed by atoms with Gasteiger partial charge in [-0.1, -0.05) is 6.92 Å². The van der Waals surface area contributed by atoms with Gasteiger partial charge in [0.25, 0.3) is 0 Å². The quantitative estimate of drug-likeness (QED) is 0.885. The molecular formula is C10H13BrN2O. The third-order valence-electron chi connectivity index (χ3n) is 1.85. The molecule has 76 valence electrons. The van der Waals surface area contributed by atoms with E-state index in [1.807, 2.05) is 26.8 Å². The first-order valence-corrected chi connectivity index (χ1v) is 5.27. The predicted octanol–water partition coefficient (Wildman–Crippen LogP) is 2.81. The normalized spacial score (nSPS) is 10.0. The summed E-state index contributed by atoms with van der Waals surface area (Å²) in [4.78, 5) is 15.5. The second-order valence-corrected chi connectivity index (χ2v) is 3.91. The van der Waals surface area contributed by atoms with Crippen LogP contribution in [-0.2, 0) is 4.79 Å². The number of amides is 1. The predicted molar refractivity (Wildman–Crippen MR) is 60.3 cm³/mol. The summed E-state index contributed by atoms with van der Waals surface area (Å²) < 4.78 is 0.852. The average molecular weight is 257 g/mol. The van der Waals surface area contributed by atoms with Crippen LogP contribution in [0.3, 0.4) is 0 Å². The molecule has 0 aromatic carbocycles. The van der Waals surface area contributed by atoms with Crippen LogP contribution in [0.1, 0.15) is 24.7 Å². The molecule has 1 rings (SSSR count). The van der Waals surface area contributed by atoms with E-state index >= 15 is 0 Å². The second kappa shape index (κ2) is 4.55. The van der Waals surface area contributed by atoms with Crippen molar-refractivity contribution in [3.05, 3.63) is 21.9 Å². The summed E-state index contributed by atoms with van der Waals surface area (Å²) >= 11 is 3.39. The Morgan fingerprint density at radius 1 is 1.57 bits per heavy atom. The van der Waals surface area contributed by atoms with E-state index in [1.54, 1.807) is 0 Å². The zero-order valence-corrected chi connectivity index (χ0v) is 10.1. The van der Waals surface area contributed by atoms with Crippen molar-refractivity contribution in [1.82, 2.24) is 4.98 Å². The largest absolute Gasteiger partial charge is 0.325 e. The van der Waals surface area contributed by atoms with Crippen molar-refractivity contribution in [2.24, 2.45) is 0 Å². The van der Waals surface area contributed by atoms with Crippen LogP contribution < -0.4 is 5.32 Å².